The fourth-order valence-corrected chi connectivity index (χ4v) is 4.21. The van der Waals surface area contributed by atoms with E-state index in [0.717, 1.165) is 37.6 Å². The van der Waals surface area contributed by atoms with Crippen molar-refractivity contribution in [3.8, 4) is 5.75 Å². The van der Waals surface area contributed by atoms with Gasteiger partial charge in [-0.2, -0.15) is 0 Å². The first-order valence-electron chi connectivity index (χ1n) is 4.87. The van der Waals surface area contributed by atoms with Gasteiger partial charge in [-0.1, -0.05) is 15.9 Å². The highest BCUT2D eigenvalue weighted by Crippen LogP contribution is 2.40. The van der Waals surface area contributed by atoms with Gasteiger partial charge in [0.25, 0.3) is 0 Å². The SMILES string of the molecule is COc1c(Br)cc(Br)c(CCN(C)C=O)c1Br. The van der Waals surface area contributed by atoms with Crippen LogP contribution in [0.3, 0.4) is 0 Å². The number of hydrogen-bond donors (Lipinski definition) is 0. The molecule has 0 unspecified atom stereocenters. The van der Waals surface area contributed by atoms with Gasteiger partial charge in [0.05, 0.1) is 16.1 Å². The number of amides is 1. The number of carbonyl (C=O) groups is 1. The van der Waals surface area contributed by atoms with Crippen molar-refractivity contribution in [3.63, 3.8) is 0 Å². The van der Waals surface area contributed by atoms with Gasteiger partial charge in [-0.15, -0.1) is 0 Å². The standard InChI is InChI=1S/C11H12Br3NO2/c1-15(6-16)4-3-7-8(12)5-9(13)11(17-2)10(7)14/h5-6H,3-4H2,1-2H3. The van der Waals surface area contributed by atoms with Crippen molar-refractivity contribution in [1.82, 2.24) is 4.90 Å². The molecule has 1 rings (SSSR count). The summed E-state index contributed by atoms with van der Waals surface area (Å²) in [6.07, 6.45) is 1.57. The number of carbonyl (C=O) groups excluding carboxylic acids is 1. The summed E-state index contributed by atoms with van der Waals surface area (Å²) in [4.78, 5) is 12.1. The Morgan fingerprint density at radius 2 is 2.00 bits per heavy atom. The Kier molecular flexibility index (Phi) is 5.95. The number of benzene rings is 1. The molecule has 0 radical (unpaired) electrons. The van der Waals surface area contributed by atoms with E-state index in [9.17, 15) is 4.79 Å². The van der Waals surface area contributed by atoms with Crippen LogP contribution in [0.2, 0.25) is 0 Å². The Labute approximate surface area is 126 Å². The molecule has 0 saturated heterocycles. The normalized spacial score (nSPS) is 10.2. The van der Waals surface area contributed by atoms with Crippen molar-refractivity contribution in [3.05, 3.63) is 25.0 Å². The van der Waals surface area contributed by atoms with E-state index in [1.807, 2.05) is 6.07 Å². The van der Waals surface area contributed by atoms with Gasteiger partial charge in [0.2, 0.25) is 6.41 Å². The third kappa shape index (κ3) is 3.69. The topological polar surface area (TPSA) is 29.5 Å². The van der Waals surface area contributed by atoms with Crippen LogP contribution in [0.15, 0.2) is 19.5 Å². The van der Waals surface area contributed by atoms with Crippen LogP contribution < -0.4 is 4.74 Å². The number of rotatable bonds is 5. The van der Waals surface area contributed by atoms with Gasteiger partial charge < -0.3 is 9.64 Å². The summed E-state index contributed by atoms with van der Waals surface area (Å²) in [5.41, 5.74) is 1.08. The van der Waals surface area contributed by atoms with E-state index < -0.39 is 0 Å². The molecule has 17 heavy (non-hydrogen) atoms. The summed E-state index contributed by atoms with van der Waals surface area (Å²) in [6, 6.07) is 1.94. The third-order valence-corrected chi connectivity index (χ3v) is 4.46. The lowest BCUT2D eigenvalue weighted by Gasteiger charge is -2.15. The number of nitrogens with zero attached hydrogens (tertiary/aromatic N) is 1. The molecular weight excluding hydrogens is 418 g/mol. The Morgan fingerprint density at radius 3 is 2.53 bits per heavy atom. The Bertz CT molecular complexity index is 424. The third-order valence-electron chi connectivity index (χ3n) is 2.32. The zero-order chi connectivity index (χ0) is 13.0. The predicted molar refractivity (Wildman–Crippen MR) is 78.5 cm³/mol. The highest BCUT2D eigenvalue weighted by Gasteiger charge is 2.14. The molecule has 0 aliphatic rings. The molecule has 0 aromatic heterocycles. The second-order valence-corrected chi connectivity index (χ2v) is 6.00. The molecule has 0 spiro atoms. The van der Waals surface area contributed by atoms with Crippen LogP contribution >= 0.6 is 47.8 Å². The number of ether oxygens (including phenoxy) is 1. The molecular formula is C11H12Br3NO2. The van der Waals surface area contributed by atoms with Crippen molar-refractivity contribution in [2.75, 3.05) is 20.7 Å². The molecule has 0 N–H and O–H groups in total. The monoisotopic (exact) mass is 427 g/mol. The maximum atomic E-state index is 10.5. The van der Waals surface area contributed by atoms with E-state index in [0.29, 0.717) is 6.54 Å². The van der Waals surface area contributed by atoms with Gasteiger partial charge in [0, 0.05) is 18.1 Å². The Hall–Kier alpha value is -0.0700. The van der Waals surface area contributed by atoms with Gasteiger partial charge in [-0.3, -0.25) is 4.79 Å². The predicted octanol–water partition coefficient (Wildman–Crippen LogP) is 3.61. The van der Waals surface area contributed by atoms with Crippen molar-refractivity contribution in [2.24, 2.45) is 0 Å². The van der Waals surface area contributed by atoms with Gasteiger partial charge in [-0.25, -0.2) is 0 Å². The lowest BCUT2D eigenvalue weighted by molar-refractivity contribution is -0.116. The molecule has 0 atom stereocenters. The lowest BCUT2D eigenvalue weighted by Crippen LogP contribution is -2.19. The van der Waals surface area contributed by atoms with Crippen LogP contribution in [0.25, 0.3) is 0 Å². The van der Waals surface area contributed by atoms with Crippen LogP contribution in [-0.2, 0) is 11.2 Å². The van der Waals surface area contributed by atoms with E-state index in [-0.39, 0.29) is 0 Å². The maximum absolute atomic E-state index is 10.5. The molecule has 0 saturated carbocycles. The minimum Gasteiger partial charge on any atom is -0.494 e. The molecule has 3 nitrogen and oxygen atoms in total. The van der Waals surface area contributed by atoms with E-state index in [4.69, 9.17) is 4.74 Å². The highest BCUT2D eigenvalue weighted by atomic mass is 79.9. The molecule has 0 aliphatic carbocycles. The van der Waals surface area contributed by atoms with Crippen molar-refractivity contribution < 1.29 is 9.53 Å². The summed E-state index contributed by atoms with van der Waals surface area (Å²) in [5, 5.41) is 0. The second-order valence-electron chi connectivity index (χ2n) is 3.50. The number of likely N-dealkylation sites (N-methyl/N-ethyl adjacent to an activating group) is 1. The molecule has 0 fully saturated rings. The molecule has 1 aromatic rings. The van der Waals surface area contributed by atoms with E-state index in [1.165, 1.54) is 0 Å². The molecule has 0 heterocycles. The summed E-state index contributed by atoms with van der Waals surface area (Å²) in [5.74, 6) is 0.761. The summed E-state index contributed by atoms with van der Waals surface area (Å²) in [7, 11) is 3.38. The molecule has 1 amide bonds. The van der Waals surface area contributed by atoms with Crippen molar-refractivity contribution in [2.45, 2.75) is 6.42 Å². The summed E-state index contributed by atoms with van der Waals surface area (Å²) >= 11 is 10.5. The average Bonchev–Trinajstić information content (AvgIpc) is 2.28. The number of halogens is 3. The minimum atomic E-state index is 0.658. The van der Waals surface area contributed by atoms with Crippen molar-refractivity contribution in [1.29, 1.82) is 0 Å². The van der Waals surface area contributed by atoms with Gasteiger partial charge in [-0.05, 0) is 49.9 Å². The Morgan fingerprint density at radius 1 is 1.35 bits per heavy atom. The zero-order valence-electron chi connectivity index (χ0n) is 9.47. The summed E-state index contributed by atoms with van der Waals surface area (Å²) in [6.45, 7) is 0.658. The van der Waals surface area contributed by atoms with Crippen molar-refractivity contribution >= 4 is 54.2 Å². The fraction of sp³-hybridized carbons (Fsp3) is 0.364. The largest absolute Gasteiger partial charge is 0.494 e. The van der Waals surface area contributed by atoms with Crippen LogP contribution in [0.1, 0.15) is 5.56 Å². The first-order chi connectivity index (χ1) is 8.01. The van der Waals surface area contributed by atoms with Gasteiger partial charge >= 0.3 is 0 Å². The van der Waals surface area contributed by atoms with E-state index >= 15 is 0 Å². The first-order valence-corrected chi connectivity index (χ1v) is 7.25. The van der Waals surface area contributed by atoms with Crippen LogP contribution in [-0.4, -0.2) is 32.0 Å². The zero-order valence-corrected chi connectivity index (χ0v) is 14.2. The van der Waals surface area contributed by atoms with Gasteiger partial charge in [0.15, 0.2) is 0 Å². The van der Waals surface area contributed by atoms with Gasteiger partial charge in [0.1, 0.15) is 5.75 Å². The van der Waals surface area contributed by atoms with Crippen LogP contribution in [0.4, 0.5) is 0 Å². The average molecular weight is 430 g/mol. The lowest BCUT2D eigenvalue weighted by atomic mass is 10.1. The second kappa shape index (κ2) is 6.75. The first kappa shape index (κ1) is 15.0. The summed E-state index contributed by atoms with van der Waals surface area (Å²) < 4.78 is 8.07. The molecule has 0 aliphatic heterocycles. The van der Waals surface area contributed by atoms with Crippen LogP contribution in [0.5, 0.6) is 5.75 Å². The minimum absolute atomic E-state index is 0.658. The molecule has 0 bridgehead atoms. The highest BCUT2D eigenvalue weighted by molar-refractivity contribution is 9.11. The smallest absolute Gasteiger partial charge is 0.209 e. The number of hydrogen-bond acceptors (Lipinski definition) is 2. The Balaban J connectivity index is 3.02. The fourth-order valence-electron chi connectivity index (χ4n) is 1.37. The molecule has 1 aromatic carbocycles. The van der Waals surface area contributed by atoms with E-state index in [2.05, 4.69) is 47.8 Å². The molecule has 94 valence electrons. The van der Waals surface area contributed by atoms with Crippen LogP contribution in [0, 0.1) is 0 Å². The number of methoxy groups -OCH3 is 1. The maximum Gasteiger partial charge on any atom is 0.209 e. The van der Waals surface area contributed by atoms with E-state index in [1.54, 1.807) is 19.1 Å². The molecule has 6 heteroatoms. The quantitative estimate of drug-likeness (QED) is 0.669.